The van der Waals surface area contributed by atoms with Crippen molar-refractivity contribution >= 4 is 11.8 Å². The van der Waals surface area contributed by atoms with Crippen LogP contribution in [-0.2, 0) is 4.74 Å². The average Bonchev–Trinajstić information content (AvgIpc) is 2.12. The van der Waals surface area contributed by atoms with Crippen LogP contribution in [0.2, 0.25) is 0 Å². The van der Waals surface area contributed by atoms with Gasteiger partial charge in [-0.25, -0.2) is 0 Å². The van der Waals surface area contributed by atoms with E-state index in [1.165, 1.54) is 17.5 Å². The van der Waals surface area contributed by atoms with Gasteiger partial charge < -0.3 is 0 Å². The number of rotatable bonds is 1. The van der Waals surface area contributed by atoms with Crippen molar-refractivity contribution in [2.45, 2.75) is 12.6 Å². The van der Waals surface area contributed by atoms with E-state index in [0.29, 0.717) is 5.88 Å². The number of nitrogens with one attached hydrogen (secondary N) is 1. The molecule has 0 aromatic carbocycles. The van der Waals surface area contributed by atoms with Gasteiger partial charge in [-0.2, -0.15) is 0 Å². The van der Waals surface area contributed by atoms with Gasteiger partial charge in [-0.15, -0.1) is 24.9 Å². The first-order chi connectivity index (χ1) is 4.58. The fourth-order valence-electron chi connectivity index (χ4n) is 0.527. The quantitative estimate of drug-likeness (QED) is 0.644. The Morgan fingerprint density at radius 1 is 1.60 bits per heavy atom. The van der Waals surface area contributed by atoms with E-state index >= 15 is 0 Å². The van der Waals surface area contributed by atoms with Crippen molar-refractivity contribution in [3.05, 3.63) is 5.75 Å². The van der Waals surface area contributed by atoms with E-state index in [1.54, 1.807) is 0 Å². The summed E-state index contributed by atoms with van der Waals surface area (Å²) >= 11 is 1.26. The molecule has 0 spiro atoms. The van der Waals surface area contributed by atoms with E-state index in [4.69, 9.17) is 0 Å². The third-order valence-corrected chi connectivity index (χ3v) is 1.62. The lowest BCUT2D eigenvalue weighted by Crippen LogP contribution is -2.31. The molecule has 1 radical (unpaired) electrons. The lowest BCUT2D eigenvalue weighted by Gasteiger charge is -2.12. The summed E-state index contributed by atoms with van der Waals surface area (Å²) in [7, 11) is 0. The Morgan fingerprint density at radius 2 is 2.30 bits per heavy atom. The van der Waals surface area contributed by atoms with Gasteiger partial charge in [0.15, 0.2) is 0 Å². The zero-order chi connectivity index (χ0) is 7.61. The van der Waals surface area contributed by atoms with E-state index in [-0.39, 0.29) is 0 Å². The average molecular weight is 172 g/mol. The molecule has 6 heteroatoms. The summed E-state index contributed by atoms with van der Waals surface area (Å²) in [5.41, 5.74) is 0. The van der Waals surface area contributed by atoms with E-state index in [2.05, 4.69) is 10.1 Å². The Bertz CT molecular complexity index is 112. The normalized spacial score (nSPS) is 27.3. The fourth-order valence-corrected chi connectivity index (χ4v) is 1.21. The molecule has 0 amide bonds. The van der Waals surface area contributed by atoms with Crippen LogP contribution in [0, 0.1) is 5.75 Å². The van der Waals surface area contributed by atoms with Crippen molar-refractivity contribution in [3.63, 3.8) is 0 Å². The van der Waals surface area contributed by atoms with Crippen LogP contribution in [0.5, 0.6) is 0 Å². The van der Waals surface area contributed by atoms with Gasteiger partial charge in [0.05, 0.1) is 5.75 Å². The number of hydrogen-bond acceptors (Lipinski definition) is 3. The lowest BCUT2D eigenvalue weighted by molar-refractivity contribution is -0.339. The van der Waals surface area contributed by atoms with Crippen LogP contribution in [-0.4, -0.2) is 18.5 Å². The molecule has 59 valence electrons. The zero-order valence-corrected chi connectivity index (χ0v) is 5.63. The first kappa shape index (κ1) is 8.16. The van der Waals surface area contributed by atoms with E-state index in [1.807, 2.05) is 0 Å². The summed E-state index contributed by atoms with van der Waals surface area (Å²) < 4.78 is 37.9. The van der Waals surface area contributed by atoms with Crippen LogP contribution in [0.3, 0.4) is 0 Å². The van der Waals surface area contributed by atoms with Crippen molar-refractivity contribution in [2.75, 3.05) is 5.88 Å². The van der Waals surface area contributed by atoms with Gasteiger partial charge in [0.2, 0.25) is 0 Å². The summed E-state index contributed by atoms with van der Waals surface area (Å²) in [5, 5.41) is 2.48. The highest BCUT2D eigenvalue weighted by atomic mass is 32.2. The van der Waals surface area contributed by atoms with Gasteiger partial charge in [-0.3, -0.25) is 10.1 Å². The second-order valence-electron chi connectivity index (χ2n) is 1.64. The van der Waals surface area contributed by atoms with Crippen LogP contribution in [0.4, 0.5) is 13.2 Å². The number of hydrogen-bond donors (Lipinski definition) is 1. The maximum Gasteiger partial charge on any atom is 0.524 e. The maximum atomic E-state index is 11.4. The minimum atomic E-state index is -4.54. The molecular weight excluding hydrogens is 167 g/mol. The second kappa shape index (κ2) is 2.98. The summed E-state index contributed by atoms with van der Waals surface area (Å²) in [6.45, 7) is 0. The fraction of sp³-hybridized carbons (Fsp3) is 0.750. The van der Waals surface area contributed by atoms with Crippen LogP contribution in [0.1, 0.15) is 0 Å². The summed E-state index contributed by atoms with van der Waals surface area (Å²) in [6.07, 6.45) is -5.52. The standard InChI is InChI=1S/C4H5F3NOS/c5-4(6,7)9-3-1-10-2-8-3/h1,3,8H,2H2. The molecule has 0 aromatic rings. The SMILES string of the molecule is FC(F)(F)OC1[CH]SCN1. The second-order valence-corrected chi connectivity index (χ2v) is 2.53. The molecule has 0 saturated carbocycles. The molecule has 10 heavy (non-hydrogen) atoms. The Balaban J connectivity index is 2.24. The highest BCUT2D eigenvalue weighted by Crippen LogP contribution is 2.24. The molecule has 0 bridgehead atoms. The first-order valence-corrected chi connectivity index (χ1v) is 3.56. The minimum absolute atomic E-state index is 0.473. The van der Waals surface area contributed by atoms with Crippen LogP contribution >= 0.6 is 11.8 Å². The molecule has 2 nitrogen and oxygen atoms in total. The first-order valence-electron chi connectivity index (χ1n) is 2.51. The monoisotopic (exact) mass is 172 g/mol. The van der Waals surface area contributed by atoms with Gasteiger partial charge in [0, 0.05) is 5.88 Å². The van der Waals surface area contributed by atoms with Crippen molar-refractivity contribution in [3.8, 4) is 0 Å². The van der Waals surface area contributed by atoms with Crippen molar-refractivity contribution < 1.29 is 17.9 Å². The molecule has 1 N–H and O–H groups in total. The maximum absolute atomic E-state index is 11.4. The van der Waals surface area contributed by atoms with Gasteiger partial charge in [-0.05, 0) is 0 Å². The van der Waals surface area contributed by atoms with Crippen LogP contribution < -0.4 is 5.32 Å². The summed E-state index contributed by atoms with van der Waals surface area (Å²) in [6, 6.07) is 0. The predicted octanol–water partition coefficient (Wildman–Crippen LogP) is 1.30. The van der Waals surface area contributed by atoms with Crippen molar-refractivity contribution in [1.82, 2.24) is 5.32 Å². The van der Waals surface area contributed by atoms with E-state index in [0.717, 1.165) is 0 Å². The molecule has 1 unspecified atom stereocenters. The Labute approximate surface area is 60.1 Å². The van der Waals surface area contributed by atoms with Gasteiger partial charge in [0.1, 0.15) is 6.23 Å². The van der Waals surface area contributed by atoms with Crippen molar-refractivity contribution in [2.24, 2.45) is 0 Å². The number of alkyl halides is 3. The highest BCUT2D eigenvalue weighted by Gasteiger charge is 2.34. The zero-order valence-electron chi connectivity index (χ0n) is 4.81. The molecule has 1 fully saturated rings. The lowest BCUT2D eigenvalue weighted by atomic mass is 10.7. The van der Waals surface area contributed by atoms with Gasteiger partial charge >= 0.3 is 6.36 Å². The molecule has 0 aliphatic carbocycles. The molecule has 1 saturated heterocycles. The molecular formula is C4H5F3NOS. The summed E-state index contributed by atoms with van der Waals surface area (Å²) in [5.74, 6) is 1.84. The Hall–Kier alpha value is 0.0600. The number of halogens is 3. The molecule has 1 atom stereocenters. The molecule has 1 aliphatic heterocycles. The van der Waals surface area contributed by atoms with Gasteiger partial charge in [0.25, 0.3) is 0 Å². The van der Waals surface area contributed by atoms with E-state index in [9.17, 15) is 13.2 Å². The Kier molecular flexibility index (Phi) is 2.43. The molecule has 0 aromatic heterocycles. The third-order valence-electron chi connectivity index (χ3n) is 0.848. The molecule has 1 rings (SSSR count). The van der Waals surface area contributed by atoms with Crippen molar-refractivity contribution in [1.29, 1.82) is 0 Å². The topological polar surface area (TPSA) is 21.3 Å². The van der Waals surface area contributed by atoms with Crippen LogP contribution in [0.25, 0.3) is 0 Å². The van der Waals surface area contributed by atoms with E-state index < -0.39 is 12.6 Å². The largest absolute Gasteiger partial charge is 0.524 e. The predicted molar refractivity (Wildman–Crippen MR) is 30.8 cm³/mol. The van der Waals surface area contributed by atoms with Crippen LogP contribution in [0.15, 0.2) is 0 Å². The number of ether oxygens (including phenoxy) is 1. The summed E-state index contributed by atoms with van der Waals surface area (Å²) in [4.78, 5) is 0. The van der Waals surface area contributed by atoms with Gasteiger partial charge in [-0.1, -0.05) is 0 Å². The highest BCUT2D eigenvalue weighted by molar-refractivity contribution is 8.01. The third kappa shape index (κ3) is 2.76. The number of thioether (sulfide) groups is 1. The minimum Gasteiger partial charge on any atom is -0.282 e. The Morgan fingerprint density at radius 3 is 2.70 bits per heavy atom. The molecule has 1 aliphatic rings. The molecule has 1 heterocycles. The smallest absolute Gasteiger partial charge is 0.282 e.